The van der Waals surface area contributed by atoms with E-state index >= 15 is 0 Å². The van der Waals surface area contributed by atoms with Crippen LogP contribution in [0.25, 0.3) is 0 Å². The van der Waals surface area contributed by atoms with Gasteiger partial charge in [0.1, 0.15) is 0 Å². The number of hydrogen-bond acceptors (Lipinski definition) is 5. The summed E-state index contributed by atoms with van der Waals surface area (Å²) >= 11 is 0. The lowest BCUT2D eigenvalue weighted by atomic mass is 9.85. The van der Waals surface area contributed by atoms with Gasteiger partial charge in [0.05, 0.1) is 6.42 Å². The third-order valence-corrected chi connectivity index (χ3v) is 2.83. The molecule has 8 nitrogen and oxygen atoms in total. The molecular formula is C11H18N4O4. The van der Waals surface area contributed by atoms with E-state index < -0.39 is 16.9 Å². The van der Waals surface area contributed by atoms with Crippen molar-refractivity contribution in [3.63, 3.8) is 0 Å². The molecule has 0 bridgehead atoms. The summed E-state index contributed by atoms with van der Waals surface area (Å²) < 4.78 is 1.47. The highest BCUT2D eigenvalue weighted by Gasteiger charge is 2.31. The number of carbonyl (C=O) groups is 1. The number of carboxylic acid groups (broad SMARTS) is 1. The second-order valence-electron chi connectivity index (χ2n) is 5.45. The fraction of sp³-hybridized carbons (Fsp3) is 0.636. The van der Waals surface area contributed by atoms with Crippen LogP contribution in [0.15, 0.2) is 6.33 Å². The summed E-state index contributed by atoms with van der Waals surface area (Å²) in [6.45, 7) is 5.61. The molecule has 2 N–H and O–H groups in total. The van der Waals surface area contributed by atoms with Crippen LogP contribution in [0.3, 0.4) is 0 Å². The van der Waals surface area contributed by atoms with Crippen molar-refractivity contribution in [2.24, 2.45) is 12.5 Å². The van der Waals surface area contributed by atoms with Gasteiger partial charge < -0.3 is 20.5 Å². The van der Waals surface area contributed by atoms with Gasteiger partial charge in [-0.15, -0.1) is 0 Å². The van der Waals surface area contributed by atoms with Crippen molar-refractivity contribution in [3.8, 4) is 0 Å². The molecule has 0 saturated heterocycles. The molecule has 1 heterocycles. The van der Waals surface area contributed by atoms with Crippen molar-refractivity contribution in [3.05, 3.63) is 16.4 Å². The number of aromatic nitrogens is 2. The lowest BCUT2D eigenvalue weighted by Gasteiger charge is -2.30. The third kappa shape index (κ3) is 3.67. The number of imidazole rings is 1. The summed E-state index contributed by atoms with van der Waals surface area (Å²) in [6, 6.07) is -0.445. The van der Waals surface area contributed by atoms with Crippen molar-refractivity contribution in [1.82, 2.24) is 9.55 Å². The van der Waals surface area contributed by atoms with Gasteiger partial charge in [0.2, 0.25) is 12.1 Å². The average Bonchev–Trinajstić information content (AvgIpc) is 2.57. The summed E-state index contributed by atoms with van der Waals surface area (Å²) in [5, 5.41) is 22.7. The van der Waals surface area contributed by atoms with Crippen LogP contribution in [-0.4, -0.2) is 31.6 Å². The Hall–Kier alpha value is -2.12. The molecule has 1 atom stereocenters. The van der Waals surface area contributed by atoms with E-state index in [1.807, 2.05) is 20.8 Å². The van der Waals surface area contributed by atoms with E-state index in [9.17, 15) is 14.9 Å². The predicted octanol–water partition coefficient (Wildman–Crippen LogP) is 1.63. The van der Waals surface area contributed by atoms with E-state index in [1.54, 1.807) is 7.05 Å². The molecular weight excluding hydrogens is 252 g/mol. The number of anilines is 1. The maximum Gasteiger partial charge on any atom is 0.406 e. The molecule has 106 valence electrons. The molecule has 1 aromatic heterocycles. The Kier molecular flexibility index (Phi) is 4.13. The van der Waals surface area contributed by atoms with Crippen LogP contribution in [-0.2, 0) is 11.8 Å². The summed E-state index contributed by atoms with van der Waals surface area (Å²) in [5.74, 6) is -1.05. The van der Waals surface area contributed by atoms with Gasteiger partial charge in [-0.05, 0) is 15.3 Å². The van der Waals surface area contributed by atoms with Crippen LogP contribution in [0.4, 0.5) is 11.6 Å². The first-order chi connectivity index (χ1) is 8.62. The Morgan fingerprint density at radius 2 is 2.21 bits per heavy atom. The molecule has 0 amide bonds. The zero-order valence-electron chi connectivity index (χ0n) is 11.4. The molecule has 1 rings (SSSR count). The number of nitrogens with zero attached hydrogens (tertiary/aromatic N) is 3. The molecule has 0 saturated carbocycles. The average molecular weight is 270 g/mol. The fourth-order valence-electron chi connectivity index (χ4n) is 1.63. The second kappa shape index (κ2) is 5.25. The second-order valence-corrected chi connectivity index (χ2v) is 5.45. The van der Waals surface area contributed by atoms with Gasteiger partial charge in [0.25, 0.3) is 0 Å². The van der Waals surface area contributed by atoms with E-state index in [-0.39, 0.29) is 23.5 Å². The zero-order valence-corrected chi connectivity index (χ0v) is 11.4. The first-order valence-corrected chi connectivity index (χ1v) is 5.77. The van der Waals surface area contributed by atoms with Crippen LogP contribution in [0.5, 0.6) is 0 Å². The normalized spacial score (nSPS) is 13.1. The summed E-state index contributed by atoms with van der Waals surface area (Å²) in [4.78, 5) is 24.8. The number of hydrogen-bond donors (Lipinski definition) is 2. The van der Waals surface area contributed by atoms with Crippen LogP contribution in [0.2, 0.25) is 0 Å². The van der Waals surface area contributed by atoms with Gasteiger partial charge in [-0.2, -0.15) is 0 Å². The zero-order chi connectivity index (χ0) is 14.8. The first-order valence-electron chi connectivity index (χ1n) is 5.77. The Labute approximate surface area is 110 Å². The number of nitrogens with one attached hydrogen (secondary N) is 1. The number of carboxylic acids is 1. The fourth-order valence-corrected chi connectivity index (χ4v) is 1.63. The molecule has 19 heavy (non-hydrogen) atoms. The van der Waals surface area contributed by atoms with Crippen LogP contribution >= 0.6 is 0 Å². The third-order valence-electron chi connectivity index (χ3n) is 2.83. The van der Waals surface area contributed by atoms with Crippen LogP contribution < -0.4 is 5.32 Å². The minimum Gasteiger partial charge on any atom is -0.481 e. The van der Waals surface area contributed by atoms with E-state index in [4.69, 9.17) is 5.11 Å². The largest absolute Gasteiger partial charge is 0.481 e. The summed E-state index contributed by atoms with van der Waals surface area (Å²) in [5.41, 5.74) is -0.365. The standard InChI is InChI=1S/C11H18N4O4/c1-11(2,3)7(5-8(16)17)13-10-9(15(18)19)12-6-14(10)4/h6-7,13H,5H2,1-4H3,(H,16,17). The van der Waals surface area contributed by atoms with E-state index in [0.717, 1.165) is 0 Å². The maximum absolute atomic E-state index is 10.9. The smallest absolute Gasteiger partial charge is 0.406 e. The van der Waals surface area contributed by atoms with Crippen molar-refractivity contribution >= 4 is 17.6 Å². The molecule has 0 aromatic carbocycles. The minimum atomic E-state index is -0.961. The quantitative estimate of drug-likeness (QED) is 0.621. The topological polar surface area (TPSA) is 110 Å². The van der Waals surface area contributed by atoms with Gasteiger partial charge in [-0.3, -0.25) is 9.36 Å². The molecule has 1 unspecified atom stereocenters. The predicted molar refractivity (Wildman–Crippen MR) is 69.0 cm³/mol. The molecule has 8 heteroatoms. The lowest BCUT2D eigenvalue weighted by Crippen LogP contribution is -2.36. The highest BCUT2D eigenvalue weighted by molar-refractivity contribution is 5.68. The highest BCUT2D eigenvalue weighted by atomic mass is 16.6. The molecule has 0 fully saturated rings. The Morgan fingerprint density at radius 3 is 2.63 bits per heavy atom. The van der Waals surface area contributed by atoms with E-state index in [0.29, 0.717) is 0 Å². The summed E-state index contributed by atoms with van der Waals surface area (Å²) in [7, 11) is 1.61. The van der Waals surface area contributed by atoms with Gasteiger partial charge >= 0.3 is 11.8 Å². The Morgan fingerprint density at radius 1 is 1.63 bits per heavy atom. The number of aliphatic carboxylic acids is 1. The van der Waals surface area contributed by atoms with Crippen molar-refractivity contribution < 1.29 is 14.8 Å². The first kappa shape index (κ1) is 14.9. The lowest BCUT2D eigenvalue weighted by molar-refractivity contribution is -0.388. The number of aryl methyl sites for hydroxylation is 1. The molecule has 0 aliphatic heterocycles. The van der Waals surface area contributed by atoms with Crippen LogP contribution in [0.1, 0.15) is 27.2 Å². The SMILES string of the molecule is Cn1cnc([N+](=O)[O-])c1NC(CC(=O)O)C(C)(C)C. The summed E-state index contributed by atoms with van der Waals surface area (Å²) in [6.07, 6.45) is 1.19. The number of rotatable bonds is 5. The van der Waals surface area contributed by atoms with E-state index in [1.165, 1.54) is 10.9 Å². The van der Waals surface area contributed by atoms with Crippen molar-refractivity contribution in [2.45, 2.75) is 33.2 Å². The monoisotopic (exact) mass is 270 g/mol. The maximum atomic E-state index is 10.9. The molecule has 0 aliphatic carbocycles. The van der Waals surface area contributed by atoms with Crippen molar-refractivity contribution in [1.29, 1.82) is 0 Å². The highest BCUT2D eigenvalue weighted by Crippen LogP contribution is 2.29. The Balaban J connectivity index is 3.06. The molecule has 0 aliphatic rings. The Bertz CT molecular complexity index is 489. The van der Waals surface area contributed by atoms with Gasteiger partial charge in [-0.25, -0.2) is 0 Å². The minimum absolute atomic E-state index is 0.133. The van der Waals surface area contributed by atoms with Gasteiger partial charge in [0, 0.05) is 13.1 Å². The molecule has 1 aromatic rings. The van der Waals surface area contributed by atoms with E-state index in [2.05, 4.69) is 10.3 Å². The molecule has 0 radical (unpaired) electrons. The van der Waals surface area contributed by atoms with Gasteiger partial charge in [0.15, 0.2) is 0 Å². The molecule has 0 spiro atoms. The number of nitro groups is 1. The van der Waals surface area contributed by atoms with Gasteiger partial charge in [-0.1, -0.05) is 20.8 Å². The van der Waals surface area contributed by atoms with Crippen LogP contribution in [0, 0.1) is 15.5 Å². The van der Waals surface area contributed by atoms with Crippen molar-refractivity contribution in [2.75, 3.05) is 5.32 Å².